The second-order valence-electron chi connectivity index (χ2n) is 6.81. The van der Waals surface area contributed by atoms with Crippen LogP contribution in [0.15, 0.2) is 0 Å². The summed E-state index contributed by atoms with van der Waals surface area (Å²) in [5, 5.41) is 3.91. The summed E-state index contributed by atoms with van der Waals surface area (Å²) in [6.07, 6.45) is 7.28. The number of nitrogens with zero attached hydrogens (tertiary/aromatic N) is 1. The van der Waals surface area contributed by atoms with Gasteiger partial charge in [0.1, 0.15) is 0 Å². The maximum Gasteiger partial charge on any atom is 0.0951 e. The van der Waals surface area contributed by atoms with Gasteiger partial charge in [-0.2, -0.15) is 0 Å². The van der Waals surface area contributed by atoms with Crippen LogP contribution < -0.4 is 5.32 Å². The highest BCUT2D eigenvalue weighted by atomic mass is 16.6. The van der Waals surface area contributed by atoms with Gasteiger partial charge < -0.3 is 19.7 Å². The normalized spacial score (nSPS) is 36.8. The van der Waals surface area contributed by atoms with Gasteiger partial charge in [-0.25, -0.2) is 0 Å². The summed E-state index contributed by atoms with van der Waals surface area (Å²) in [5.74, 6) is 0. The summed E-state index contributed by atoms with van der Waals surface area (Å²) in [5.41, 5.74) is 0.0405. The molecule has 3 heterocycles. The standard InChI is InChI=1S/C16H30N2O2/c1-2-7-18-8-3-14(4-9-18)17-15-5-10-20-16(12-15)6-11-19-13-16/h14-15,17H,2-13H2,1H3. The number of nitrogens with one attached hydrogen (secondary N) is 1. The molecule has 0 amide bonds. The maximum absolute atomic E-state index is 6.02. The van der Waals surface area contributed by atoms with Crippen LogP contribution in [0.1, 0.15) is 45.4 Å². The van der Waals surface area contributed by atoms with Crippen LogP contribution in [0, 0.1) is 0 Å². The van der Waals surface area contributed by atoms with Gasteiger partial charge in [-0.1, -0.05) is 6.92 Å². The monoisotopic (exact) mass is 282 g/mol. The predicted octanol–water partition coefficient (Wildman–Crippen LogP) is 1.79. The number of hydrogen-bond acceptors (Lipinski definition) is 4. The first-order valence-electron chi connectivity index (χ1n) is 8.50. The highest BCUT2D eigenvalue weighted by Crippen LogP contribution is 2.33. The molecule has 20 heavy (non-hydrogen) atoms. The molecule has 0 aromatic carbocycles. The molecule has 2 atom stereocenters. The SMILES string of the molecule is CCCN1CCC(NC2CCOC3(CCOC3)C2)CC1. The molecule has 3 aliphatic rings. The van der Waals surface area contributed by atoms with Crippen molar-refractivity contribution in [3.63, 3.8) is 0 Å². The van der Waals surface area contributed by atoms with E-state index in [4.69, 9.17) is 9.47 Å². The Bertz CT molecular complexity index is 297. The van der Waals surface area contributed by atoms with E-state index in [0.717, 1.165) is 39.1 Å². The van der Waals surface area contributed by atoms with E-state index >= 15 is 0 Å². The lowest BCUT2D eigenvalue weighted by Crippen LogP contribution is -2.52. The van der Waals surface area contributed by atoms with Crippen molar-refractivity contribution in [3.8, 4) is 0 Å². The number of hydrogen-bond donors (Lipinski definition) is 1. The van der Waals surface area contributed by atoms with E-state index in [1.54, 1.807) is 0 Å². The van der Waals surface area contributed by atoms with Crippen LogP contribution in [0.2, 0.25) is 0 Å². The van der Waals surface area contributed by atoms with Gasteiger partial charge in [-0.15, -0.1) is 0 Å². The molecular formula is C16H30N2O2. The quantitative estimate of drug-likeness (QED) is 0.852. The molecule has 3 fully saturated rings. The third kappa shape index (κ3) is 3.53. The van der Waals surface area contributed by atoms with Crippen LogP contribution in [0.3, 0.4) is 0 Å². The van der Waals surface area contributed by atoms with Gasteiger partial charge in [0.25, 0.3) is 0 Å². The van der Waals surface area contributed by atoms with Gasteiger partial charge >= 0.3 is 0 Å². The predicted molar refractivity (Wildman–Crippen MR) is 80.0 cm³/mol. The van der Waals surface area contributed by atoms with Crippen LogP contribution in [-0.2, 0) is 9.47 Å². The molecule has 0 bridgehead atoms. The summed E-state index contributed by atoms with van der Waals surface area (Å²) in [7, 11) is 0. The highest BCUT2D eigenvalue weighted by Gasteiger charge is 2.41. The van der Waals surface area contributed by atoms with Gasteiger partial charge in [0.2, 0.25) is 0 Å². The minimum atomic E-state index is 0.0405. The minimum Gasteiger partial charge on any atom is -0.378 e. The molecule has 3 aliphatic heterocycles. The Morgan fingerprint density at radius 2 is 2.00 bits per heavy atom. The van der Waals surface area contributed by atoms with E-state index in [-0.39, 0.29) is 5.60 Å². The third-order valence-electron chi connectivity index (χ3n) is 5.16. The van der Waals surface area contributed by atoms with Crippen LogP contribution in [0.25, 0.3) is 0 Å². The van der Waals surface area contributed by atoms with Gasteiger partial charge in [0.05, 0.1) is 12.2 Å². The molecule has 2 unspecified atom stereocenters. The van der Waals surface area contributed by atoms with Crippen molar-refractivity contribution >= 4 is 0 Å². The first-order chi connectivity index (χ1) is 9.80. The summed E-state index contributed by atoms with van der Waals surface area (Å²) >= 11 is 0. The molecule has 1 N–H and O–H groups in total. The molecule has 0 saturated carbocycles. The van der Waals surface area contributed by atoms with E-state index in [0.29, 0.717) is 12.1 Å². The van der Waals surface area contributed by atoms with Gasteiger partial charge in [-0.05, 0) is 51.7 Å². The maximum atomic E-state index is 6.02. The fourth-order valence-corrected chi connectivity index (χ4v) is 4.01. The molecule has 1 spiro atoms. The first-order valence-corrected chi connectivity index (χ1v) is 8.50. The fraction of sp³-hybridized carbons (Fsp3) is 1.00. The summed E-state index contributed by atoms with van der Waals surface area (Å²) in [6, 6.07) is 1.35. The van der Waals surface area contributed by atoms with E-state index in [2.05, 4.69) is 17.1 Å². The van der Waals surface area contributed by atoms with Crippen LogP contribution in [0.5, 0.6) is 0 Å². The van der Waals surface area contributed by atoms with Crippen molar-refractivity contribution in [2.24, 2.45) is 0 Å². The molecule has 0 radical (unpaired) electrons. The molecule has 116 valence electrons. The van der Waals surface area contributed by atoms with Crippen molar-refractivity contribution in [1.82, 2.24) is 10.2 Å². The Morgan fingerprint density at radius 1 is 1.15 bits per heavy atom. The lowest BCUT2D eigenvalue weighted by atomic mass is 9.88. The lowest BCUT2D eigenvalue weighted by molar-refractivity contribution is -0.0908. The third-order valence-corrected chi connectivity index (χ3v) is 5.16. The van der Waals surface area contributed by atoms with Gasteiger partial charge in [0.15, 0.2) is 0 Å². The average molecular weight is 282 g/mol. The Labute approximate surface area is 123 Å². The zero-order chi connectivity index (χ0) is 13.8. The van der Waals surface area contributed by atoms with Crippen molar-refractivity contribution < 1.29 is 9.47 Å². The smallest absolute Gasteiger partial charge is 0.0951 e. The zero-order valence-corrected chi connectivity index (χ0v) is 12.9. The van der Waals surface area contributed by atoms with Crippen molar-refractivity contribution in [1.29, 1.82) is 0 Å². The average Bonchev–Trinajstić information content (AvgIpc) is 2.89. The summed E-state index contributed by atoms with van der Waals surface area (Å²) in [4.78, 5) is 2.61. The number of piperidine rings is 1. The Morgan fingerprint density at radius 3 is 2.70 bits per heavy atom. The number of rotatable bonds is 4. The number of likely N-dealkylation sites (tertiary alicyclic amines) is 1. The summed E-state index contributed by atoms with van der Waals surface area (Å²) < 4.78 is 11.6. The Kier molecular flexibility index (Phi) is 4.97. The van der Waals surface area contributed by atoms with Gasteiger partial charge in [0, 0.05) is 31.7 Å². The van der Waals surface area contributed by atoms with E-state index in [1.807, 2.05) is 0 Å². The van der Waals surface area contributed by atoms with E-state index < -0.39 is 0 Å². The Hall–Kier alpha value is -0.160. The second-order valence-corrected chi connectivity index (χ2v) is 6.81. The highest BCUT2D eigenvalue weighted by molar-refractivity contribution is 4.94. The van der Waals surface area contributed by atoms with E-state index in [1.165, 1.54) is 38.9 Å². The molecule has 3 saturated heterocycles. The first kappa shape index (κ1) is 14.8. The van der Waals surface area contributed by atoms with Crippen LogP contribution in [-0.4, -0.2) is 62.0 Å². The summed E-state index contributed by atoms with van der Waals surface area (Å²) in [6.45, 7) is 8.66. The molecule has 0 aliphatic carbocycles. The molecule has 4 heteroatoms. The van der Waals surface area contributed by atoms with Crippen LogP contribution >= 0.6 is 0 Å². The minimum absolute atomic E-state index is 0.0405. The lowest BCUT2D eigenvalue weighted by Gasteiger charge is -2.40. The van der Waals surface area contributed by atoms with E-state index in [9.17, 15) is 0 Å². The molecule has 3 rings (SSSR count). The number of ether oxygens (including phenoxy) is 2. The topological polar surface area (TPSA) is 33.7 Å². The van der Waals surface area contributed by atoms with Gasteiger partial charge in [-0.3, -0.25) is 0 Å². The van der Waals surface area contributed by atoms with Crippen LogP contribution in [0.4, 0.5) is 0 Å². The fourth-order valence-electron chi connectivity index (χ4n) is 4.01. The zero-order valence-electron chi connectivity index (χ0n) is 12.9. The molecule has 0 aromatic heterocycles. The molecule has 4 nitrogen and oxygen atoms in total. The van der Waals surface area contributed by atoms with Crippen molar-refractivity contribution in [2.45, 2.75) is 63.1 Å². The Balaban J connectivity index is 1.44. The largest absolute Gasteiger partial charge is 0.378 e. The molecule has 0 aromatic rings. The second kappa shape index (κ2) is 6.73. The van der Waals surface area contributed by atoms with Crippen molar-refractivity contribution in [2.75, 3.05) is 39.5 Å². The van der Waals surface area contributed by atoms with Crippen molar-refractivity contribution in [3.05, 3.63) is 0 Å². The molecular weight excluding hydrogens is 252 g/mol.